The lowest BCUT2D eigenvalue weighted by atomic mass is 9.81. The Hall–Kier alpha value is -2.37. The van der Waals surface area contributed by atoms with Crippen molar-refractivity contribution >= 4 is 5.91 Å². The summed E-state index contributed by atoms with van der Waals surface area (Å²) < 4.78 is 11.0. The maximum atomic E-state index is 12.7. The van der Waals surface area contributed by atoms with Gasteiger partial charge in [-0.1, -0.05) is 17.6 Å². The van der Waals surface area contributed by atoms with Crippen molar-refractivity contribution in [3.05, 3.63) is 41.9 Å². The summed E-state index contributed by atoms with van der Waals surface area (Å²) in [6.45, 7) is 3.90. The van der Waals surface area contributed by atoms with Gasteiger partial charge in [0.1, 0.15) is 5.76 Å². The Bertz CT molecular complexity index is 730. The van der Waals surface area contributed by atoms with Crippen LogP contribution in [0.25, 0.3) is 0 Å². The van der Waals surface area contributed by atoms with Crippen molar-refractivity contribution in [1.29, 1.82) is 0 Å². The minimum atomic E-state index is -0.0431. The number of hydrogen-bond acceptors (Lipinski definition) is 5. The molecular weight excluding hydrogens is 306 g/mol. The van der Waals surface area contributed by atoms with E-state index in [-0.39, 0.29) is 11.3 Å². The number of fused-ring (bicyclic) bond motifs is 1. The van der Waals surface area contributed by atoms with Crippen LogP contribution in [-0.4, -0.2) is 40.6 Å². The van der Waals surface area contributed by atoms with Crippen LogP contribution in [0.1, 0.15) is 35.5 Å². The zero-order chi connectivity index (χ0) is 16.6. The minimum absolute atomic E-state index is 0.0337. The SMILES string of the molecule is Cc1cc(C(=O)N2C[C@H]3CCC[C@@]3(COc3ccccn3)C2)no1. The lowest BCUT2D eigenvalue weighted by molar-refractivity contribution is 0.0734. The van der Waals surface area contributed by atoms with Crippen LogP contribution >= 0.6 is 0 Å². The van der Waals surface area contributed by atoms with E-state index >= 15 is 0 Å². The van der Waals surface area contributed by atoms with E-state index in [9.17, 15) is 4.79 Å². The first-order valence-electron chi connectivity index (χ1n) is 8.43. The van der Waals surface area contributed by atoms with Gasteiger partial charge in [0.25, 0.3) is 5.91 Å². The number of ether oxygens (including phenoxy) is 1. The van der Waals surface area contributed by atoms with Crippen molar-refractivity contribution in [2.45, 2.75) is 26.2 Å². The molecule has 2 aromatic rings. The lowest BCUT2D eigenvalue weighted by Gasteiger charge is -2.28. The smallest absolute Gasteiger partial charge is 0.276 e. The molecule has 1 aliphatic carbocycles. The van der Waals surface area contributed by atoms with Crippen molar-refractivity contribution in [3.8, 4) is 5.88 Å². The molecule has 2 aliphatic rings. The number of hydrogen-bond donors (Lipinski definition) is 0. The summed E-state index contributed by atoms with van der Waals surface area (Å²) in [5, 5.41) is 3.86. The number of pyridine rings is 1. The molecule has 0 unspecified atom stereocenters. The fraction of sp³-hybridized carbons (Fsp3) is 0.500. The first-order chi connectivity index (χ1) is 11.7. The summed E-state index contributed by atoms with van der Waals surface area (Å²) in [6.07, 6.45) is 5.16. The van der Waals surface area contributed by atoms with Crippen molar-refractivity contribution in [2.24, 2.45) is 11.3 Å². The molecule has 0 N–H and O–H groups in total. The van der Waals surface area contributed by atoms with Crippen LogP contribution in [0, 0.1) is 18.3 Å². The Morgan fingerprint density at radius 2 is 2.42 bits per heavy atom. The molecule has 3 heterocycles. The van der Waals surface area contributed by atoms with E-state index in [0.29, 0.717) is 29.9 Å². The average Bonchev–Trinajstić information content (AvgIpc) is 3.27. The van der Waals surface area contributed by atoms with Crippen LogP contribution in [0.5, 0.6) is 5.88 Å². The van der Waals surface area contributed by atoms with Gasteiger partial charge < -0.3 is 14.2 Å². The second kappa shape index (κ2) is 5.92. The predicted molar refractivity (Wildman–Crippen MR) is 86.6 cm³/mol. The second-order valence-electron chi connectivity index (χ2n) is 6.92. The Morgan fingerprint density at radius 1 is 1.50 bits per heavy atom. The molecule has 0 bridgehead atoms. The van der Waals surface area contributed by atoms with Gasteiger partial charge in [0.15, 0.2) is 5.69 Å². The van der Waals surface area contributed by atoms with Crippen LogP contribution in [0.3, 0.4) is 0 Å². The van der Waals surface area contributed by atoms with Crippen LogP contribution in [0.15, 0.2) is 35.0 Å². The second-order valence-corrected chi connectivity index (χ2v) is 6.92. The van der Waals surface area contributed by atoms with Gasteiger partial charge in [0.05, 0.1) is 6.61 Å². The monoisotopic (exact) mass is 327 g/mol. The molecule has 1 saturated carbocycles. The van der Waals surface area contributed by atoms with Crippen LogP contribution in [0.4, 0.5) is 0 Å². The van der Waals surface area contributed by atoms with Crippen molar-refractivity contribution in [3.63, 3.8) is 0 Å². The molecule has 0 spiro atoms. The van der Waals surface area contributed by atoms with Gasteiger partial charge in [-0.05, 0) is 31.7 Å². The Labute approximate surface area is 140 Å². The quantitative estimate of drug-likeness (QED) is 0.863. The van der Waals surface area contributed by atoms with Crippen LogP contribution in [-0.2, 0) is 0 Å². The van der Waals surface area contributed by atoms with Gasteiger partial charge in [0.2, 0.25) is 5.88 Å². The fourth-order valence-electron chi connectivity index (χ4n) is 4.08. The molecule has 6 heteroatoms. The number of nitrogens with zero attached hydrogens (tertiary/aromatic N) is 3. The van der Waals surface area contributed by atoms with Crippen molar-refractivity contribution in [1.82, 2.24) is 15.0 Å². The number of aryl methyl sites for hydroxylation is 1. The largest absolute Gasteiger partial charge is 0.477 e. The average molecular weight is 327 g/mol. The molecule has 4 rings (SSSR count). The normalized spacial score (nSPS) is 25.7. The third kappa shape index (κ3) is 2.66. The number of likely N-dealkylation sites (tertiary alicyclic amines) is 1. The first-order valence-corrected chi connectivity index (χ1v) is 8.43. The number of carbonyl (C=O) groups is 1. The Balaban J connectivity index is 1.47. The third-order valence-electron chi connectivity index (χ3n) is 5.32. The van der Waals surface area contributed by atoms with E-state index in [4.69, 9.17) is 9.26 Å². The standard InChI is InChI=1S/C18H21N3O3/c1-13-9-15(20-24-13)17(22)21-10-14-5-4-7-18(14,11-21)12-23-16-6-2-3-8-19-16/h2-3,6,8-9,14H,4-5,7,10-12H2,1H3/t14-,18+/m1/s1. The maximum Gasteiger partial charge on any atom is 0.276 e. The van der Waals surface area contributed by atoms with Crippen LogP contribution < -0.4 is 4.74 Å². The molecule has 1 aliphatic heterocycles. The highest BCUT2D eigenvalue weighted by atomic mass is 16.5. The summed E-state index contributed by atoms with van der Waals surface area (Å²) in [7, 11) is 0. The molecule has 6 nitrogen and oxygen atoms in total. The zero-order valence-electron chi connectivity index (χ0n) is 13.8. The Kier molecular flexibility index (Phi) is 3.75. The molecular formula is C18H21N3O3. The molecule has 2 fully saturated rings. The molecule has 2 aromatic heterocycles. The summed E-state index contributed by atoms with van der Waals surface area (Å²) in [6, 6.07) is 7.37. The molecule has 126 valence electrons. The zero-order valence-corrected chi connectivity index (χ0v) is 13.8. The number of amides is 1. The van der Waals surface area contributed by atoms with Crippen molar-refractivity contribution < 1.29 is 14.1 Å². The summed E-state index contributed by atoms with van der Waals surface area (Å²) in [4.78, 5) is 18.8. The predicted octanol–water partition coefficient (Wildman–Crippen LogP) is 2.70. The van der Waals surface area contributed by atoms with E-state index in [1.54, 1.807) is 19.2 Å². The number of aromatic nitrogens is 2. The molecule has 0 aromatic carbocycles. The topological polar surface area (TPSA) is 68.5 Å². The summed E-state index contributed by atoms with van der Waals surface area (Å²) in [5.74, 6) is 1.75. The van der Waals surface area contributed by atoms with Crippen molar-refractivity contribution in [2.75, 3.05) is 19.7 Å². The maximum absolute atomic E-state index is 12.7. The van der Waals surface area contributed by atoms with Gasteiger partial charge in [-0.2, -0.15) is 0 Å². The minimum Gasteiger partial charge on any atom is -0.477 e. The summed E-state index contributed by atoms with van der Waals surface area (Å²) >= 11 is 0. The number of rotatable bonds is 4. The van der Waals surface area contributed by atoms with E-state index in [2.05, 4.69) is 10.1 Å². The van der Waals surface area contributed by atoms with Gasteiger partial charge in [-0.25, -0.2) is 4.98 Å². The molecule has 2 atom stereocenters. The van der Waals surface area contributed by atoms with E-state index in [1.165, 1.54) is 6.42 Å². The van der Waals surface area contributed by atoms with Crippen LogP contribution in [0.2, 0.25) is 0 Å². The Morgan fingerprint density at radius 3 is 3.17 bits per heavy atom. The molecule has 1 amide bonds. The lowest BCUT2D eigenvalue weighted by Crippen LogP contribution is -2.35. The number of carbonyl (C=O) groups excluding carboxylic acids is 1. The third-order valence-corrected chi connectivity index (χ3v) is 5.32. The van der Waals surface area contributed by atoms with Gasteiger partial charge in [-0.15, -0.1) is 0 Å². The van der Waals surface area contributed by atoms with Gasteiger partial charge >= 0.3 is 0 Å². The van der Waals surface area contributed by atoms with Gasteiger partial charge in [0, 0.05) is 36.8 Å². The summed E-state index contributed by atoms with van der Waals surface area (Å²) in [5.41, 5.74) is 0.430. The van der Waals surface area contributed by atoms with E-state index < -0.39 is 0 Å². The molecule has 0 radical (unpaired) electrons. The van der Waals surface area contributed by atoms with E-state index in [1.807, 2.05) is 23.1 Å². The fourth-order valence-corrected chi connectivity index (χ4v) is 4.08. The molecule has 24 heavy (non-hydrogen) atoms. The first kappa shape index (κ1) is 15.2. The highest BCUT2D eigenvalue weighted by Crippen LogP contribution is 2.49. The highest BCUT2D eigenvalue weighted by molar-refractivity contribution is 5.92. The van der Waals surface area contributed by atoms with Gasteiger partial charge in [-0.3, -0.25) is 4.79 Å². The highest BCUT2D eigenvalue weighted by Gasteiger charge is 2.51. The molecule has 1 saturated heterocycles. The van der Waals surface area contributed by atoms with E-state index in [0.717, 1.165) is 25.9 Å².